The number of likely N-dealkylation sites (tertiary alicyclic amines) is 1. The van der Waals surface area contributed by atoms with Gasteiger partial charge < -0.3 is 19.4 Å². The molecule has 2 fully saturated rings. The number of ether oxygens (including phenoxy) is 2. The van der Waals surface area contributed by atoms with E-state index >= 15 is 0 Å². The number of cyclic esters (lactones) is 1. The van der Waals surface area contributed by atoms with Crippen molar-refractivity contribution in [1.82, 2.24) is 30.2 Å². The number of aliphatic imine (C=N–C) groups is 2. The maximum absolute atomic E-state index is 14.8. The van der Waals surface area contributed by atoms with Gasteiger partial charge in [-0.3, -0.25) is 29.3 Å². The number of carbonyl (C=O) groups excluding carboxylic acids is 3. The second-order valence-electron chi connectivity index (χ2n) is 19.9. The van der Waals surface area contributed by atoms with Gasteiger partial charge >= 0.3 is 5.97 Å². The molecule has 5 heterocycles. The number of methoxy groups -OCH3 is 1. The first kappa shape index (κ1) is 48.3. The van der Waals surface area contributed by atoms with Gasteiger partial charge in [-0.15, -0.1) is 0 Å². The fourth-order valence-electron chi connectivity index (χ4n) is 10.4. The number of benzene rings is 3. The molecule has 4 atom stereocenters. The first-order chi connectivity index (χ1) is 32.9. The molecular formula is C55H68N8O5. The molecule has 8 rings (SSSR count). The summed E-state index contributed by atoms with van der Waals surface area (Å²) in [6, 6.07) is 25.3. The van der Waals surface area contributed by atoms with Crippen molar-refractivity contribution >= 4 is 40.4 Å². The van der Waals surface area contributed by atoms with E-state index in [4.69, 9.17) is 9.47 Å². The van der Waals surface area contributed by atoms with Crippen LogP contribution in [0.25, 0.3) is 33.3 Å². The minimum absolute atomic E-state index is 0.0300. The molecule has 5 aromatic rings. The molecule has 2 aromatic heterocycles. The van der Waals surface area contributed by atoms with Gasteiger partial charge in [0.2, 0.25) is 5.91 Å². The van der Waals surface area contributed by atoms with Crippen LogP contribution in [-0.2, 0) is 44.9 Å². The Bertz CT molecular complexity index is 2670. The lowest BCUT2D eigenvalue weighted by Crippen LogP contribution is -2.62. The molecule has 0 spiro atoms. The SMILES string of the molecule is CCc1ccncc1-c1c2c3cc(ccc3n1CC)-c1cccc(c1)C[C@H](NC(=O)[C@H](C(C)C)N1CCC[C@@H](CN=C=Nc3ccc(OC)cc3)C1)C(=O)N1CCC[C@H](N1)C(=O)OCC(C)(C)C2. The Morgan fingerprint density at radius 2 is 1.81 bits per heavy atom. The minimum Gasteiger partial charge on any atom is -0.497 e. The van der Waals surface area contributed by atoms with Crippen molar-refractivity contribution < 1.29 is 23.9 Å². The number of hydrogen-bond acceptors (Lipinski definition) is 10. The molecule has 0 unspecified atom stereocenters. The molecule has 3 aliphatic heterocycles. The summed E-state index contributed by atoms with van der Waals surface area (Å²) < 4.78 is 13.8. The van der Waals surface area contributed by atoms with Gasteiger partial charge in [0.05, 0.1) is 43.7 Å². The summed E-state index contributed by atoms with van der Waals surface area (Å²) in [4.78, 5) is 59.2. The van der Waals surface area contributed by atoms with Gasteiger partial charge in [0.1, 0.15) is 17.8 Å². The molecule has 0 aliphatic carbocycles. The zero-order valence-electron chi connectivity index (χ0n) is 40.9. The number of piperidine rings is 1. The van der Waals surface area contributed by atoms with Crippen LogP contribution >= 0.6 is 0 Å². The number of fused-ring (bicyclic) bond motifs is 6. The topological polar surface area (TPSA) is 143 Å². The molecular weight excluding hydrogens is 853 g/mol. The number of hydrogen-bond donors (Lipinski definition) is 2. The standard InChI is InChI=1S/C55H68N8O5/c1-8-39-23-24-56-32-46(39)51-45-30-55(5,6)34-68-54(66)47-16-12-26-63(60-47)53(65)48(28-37-13-10-15-40(27-37)41-17-22-49(44(45)29-41)62(51)9-2)59-52(64)50(36(3)4)61-25-11-14-38(33-61)31-57-35-58-42-18-20-43(67-7)21-19-42/h10,13,15,17-24,27,29,32,36,38,47-48,50,60H,8-9,11-12,14,16,25-26,28,30-31,33-34H2,1-7H3,(H,59,64)/t38-,47-,48-,50-/m0/s1. The molecule has 68 heavy (non-hydrogen) atoms. The van der Waals surface area contributed by atoms with Crippen LogP contribution in [0.4, 0.5) is 5.69 Å². The van der Waals surface area contributed by atoms with Crippen molar-refractivity contribution in [3.8, 4) is 28.1 Å². The number of pyridine rings is 1. The van der Waals surface area contributed by atoms with E-state index in [1.165, 1.54) is 16.1 Å². The van der Waals surface area contributed by atoms with E-state index in [2.05, 4.69) is 119 Å². The maximum Gasteiger partial charge on any atom is 0.324 e. The molecule has 3 aromatic carbocycles. The third-order valence-corrected chi connectivity index (χ3v) is 13.9. The first-order valence-electron chi connectivity index (χ1n) is 24.6. The van der Waals surface area contributed by atoms with E-state index in [0.29, 0.717) is 38.9 Å². The molecule has 0 radical (unpaired) electrons. The highest BCUT2D eigenvalue weighted by molar-refractivity contribution is 5.95. The third kappa shape index (κ3) is 10.9. The number of amides is 2. The highest BCUT2D eigenvalue weighted by Gasteiger charge is 2.38. The molecule has 358 valence electrons. The Labute approximate surface area is 401 Å². The van der Waals surface area contributed by atoms with Crippen molar-refractivity contribution in [3.05, 3.63) is 102 Å². The zero-order valence-corrected chi connectivity index (χ0v) is 40.9. The largest absolute Gasteiger partial charge is 0.497 e. The lowest BCUT2D eigenvalue weighted by Gasteiger charge is -2.40. The third-order valence-electron chi connectivity index (χ3n) is 13.9. The van der Waals surface area contributed by atoms with Gasteiger partial charge in [0, 0.05) is 60.3 Å². The van der Waals surface area contributed by atoms with Crippen molar-refractivity contribution in [1.29, 1.82) is 0 Å². The van der Waals surface area contributed by atoms with E-state index in [-0.39, 0.29) is 42.6 Å². The van der Waals surface area contributed by atoms with Crippen LogP contribution in [0.1, 0.15) is 83.9 Å². The van der Waals surface area contributed by atoms with Crippen LogP contribution in [0.3, 0.4) is 0 Å². The minimum atomic E-state index is -0.902. The van der Waals surface area contributed by atoms with Crippen molar-refractivity contribution in [2.75, 3.05) is 39.9 Å². The second-order valence-corrected chi connectivity index (χ2v) is 19.9. The lowest BCUT2D eigenvalue weighted by molar-refractivity contribution is -0.155. The van der Waals surface area contributed by atoms with E-state index in [1.807, 2.05) is 48.8 Å². The number of hydrazine groups is 1. The summed E-state index contributed by atoms with van der Waals surface area (Å²) in [5.41, 5.74) is 12.4. The predicted molar refractivity (Wildman–Crippen MR) is 268 cm³/mol. The average molecular weight is 921 g/mol. The summed E-state index contributed by atoms with van der Waals surface area (Å²) >= 11 is 0. The van der Waals surface area contributed by atoms with Crippen LogP contribution in [0, 0.1) is 17.3 Å². The van der Waals surface area contributed by atoms with Gasteiger partial charge in [0.15, 0.2) is 0 Å². The highest BCUT2D eigenvalue weighted by Crippen LogP contribution is 2.41. The van der Waals surface area contributed by atoms with Crippen LogP contribution < -0.4 is 15.5 Å². The van der Waals surface area contributed by atoms with Crippen LogP contribution in [0.5, 0.6) is 5.75 Å². The summed E-state index contributed by atoms with van der Waals surface area (Å²) in [5.74, 6) is 0.0960. The van der Waals surface area contributed by atoms with Crippen LogP contribution in [-0.4, -0.2) is 101 Å². The van der Waals surface area contributed by atoms with Crippen LogP contribution in [0.15, 0.2) is 95.2 Å². The summed E-state index contributed by atoms with van der Waals surface area (Å²) in [6.45, 7) is 16.2. The molecule has 6 bridgehead atoms. The lowest BCUT2D eigenvalue weighted by atomic mass is 9.84. The molecule has 2 N–H and O–H groups in total. The molecule has 13 heteroatoms. The first-order valence-corrected chi connectivity index (χ1v) is 24.6. The fourth-order valence-corrected chi connectivity index (χ4v) is 10.4. The molecule has 0 saturated carbocycles. The summed E-state index contributed by atoms with van der Waals surface area (Å²) in [6.07, 6.45) is 8.70. The second kappa shape index (κ2) is 21.4. The molecule has 13 nitrogen and oxygen atoms in total. The Kier molecular flexibility index (Phi) is 15.2. The van der Waals surface area contributed by atoms with E-state index < -0.39 is 23.5 Å². The summed E-state index contributed by atoms with van der Waals surface area (Å²) in [7, 11) is 1.63. The number of aryl methyl sites for hydroxylation is 2. The number of rotatable bonds is 11. The normalized spacial score (nSPS) is 20.5. The van der Waals surface area contributed by atoms with Crippen molar-refractivity contribution in [3.63, 3.8) is 0 Å². The Morgan fingerprint density at radius 1 is 1.01 bits per heavy atom. The highest BCUT2D eigenvalue weighted by atomic mass is 16.5. The van der Waals surface area contributed by atoms with Gasteiger partial charge in [-0.25, -0.2) is 10.4 Å². The molecule has 2 amide bonds. The van der Waals surface area contributed by atoms with Crippen LogP contribution in [0.2, 0.25) is 0 Å². The Balaban J connectivity index is 1.11. The predicted octanol–water partition coefficient (Wildman–Crippen LogP) is 8.85. The maximum atomic E-state index is 14.8. The molecule has 3 aliphatic rings. The monoisotopic (exact) mass is 921 g/mol. The zero-order chi connectivity index (χ0) is 48.0. The van der Waals surface area contributed by atoms with E-state index in [0.717, 1.165) is 82.6 Å². The smallest absolute Gasteiger partial charge is 0.324 e. The van der Waals surface area contributed by atoms with Gasteiger partial charge in [-0.2, -0.15) is 4.99 Å². The number of aromatic nitrogens is 2. The average Bonchev–Trinajstić information content (AvgIpc) is 3.65. The number of nitrogens with zero attached hydrogens (tertiary/aromatic N) is 6. The van der Waals surface area contributed by atoms with Gasteiger partial charge in [-0.05, 0) is 134 Å². The number of nitrogens with one attached hydrogen (secondary N) is 2. The van der Waals surface area contributed by atoms with Gasteiger partial charge in [0.25, 0.3) is 5.91 Å². The van der Waals surface area contributed by atoms with E-state index in [9.17, 15) is 14.4 Å². The summed E-state index contributed by atoms with van der Waals surface area (Å²) in [5, 5.41) is 5.94. The van der Waals surface area contributed by atoms with Crippen molar-refractivity contribution in [2.45, 2.75) is 111 Å². The quantitative estimate of drug-likeness (QED) is 0.0989. The van der Waals surface area contributed by atoms with Crippen molar-refractivity contribution in [2.24, 2.45) is 27.2 Å². The Morgan fingerprint density at radius 3 is 2.57 bits per heavy atom. The van der Waals surface area contributed by atoms with Gasteiger partial charge in [-0.1, -0.05) is 65.0 Å². The Hall–Kier alpha value is -6.14. The number of esters is 1. The molecule has 2 saturated heterocycles. The fraction of sp³-hybridized carbons (Fsp3) is 0.473. The number of carbonyl (C=O) groups is 3. The van der Waals surface area contributed by atoms with E-state index in [1.54, 1.807) is 7.11 Å².